The molecule has 7 rings (SSSR count). The summed E-state index contributed by atoms with van der Waals surface area (Å²) in [4.78, 5) is 15.4. The highest BCUT2D eigenvalue weighted by atomic mass is 16.5. The summed E-state index contributed by atoms with van der Waals surface area (Å²) in [7, 11) is 1.64. The van der Waals surface area contributed by atoms with Crippen LogP contribution < -0.4 is 0 Å². The average molecular weight is 646 g/mol. The lowest BCUT2D eigenvalue weighted by Crippen LogP contribution is -2.41. The Balaban J connectivity index is 1.01. The molecule has 2 aromatic heterocycles. The third kappa shape index (κ3) is 6.73. The molecule has 8 heteroatoms. The van der Waals surface area contributed by atoms with Crippen molar-refractivity contribution >= 4 is 27.7 Å². The molecule has 0 spiro atoms. The summed E-state index contributed by atoms with van der Waals surface area (Å²) in [5.41, 5.74) is 4.74. The molecule has 0 bridgehead atoms. The number of ketones is 1. The van der Waals surface area contributed by atoms with E-state index in [0.29, 0.717) is 24.9 Å². The highest BCUT2D eigenvalue weighted by Crippen LogP contribution is 2.40. The maximum Gasteiger partial charge on any atom is 0.167 e. The van der Waals surface area contributed by atoms with Gasteiger partial charge in [-0.1, -0.05) is 71.0 Å². The summed E-state index contributed by atoms with van der Waals surface area (Å²) in [6, 6.07) is 24.6. The Morgan fingerprint density at radius 3 is 2.54 bits per heavy atom. The van der Waals surface area contributed by atoms with Crippen LogP contribution in [0.1, 0.15) is 56.2 Å². The number of allylic oxidation sites excluding steroid dienone is 2. The zero-order valence-corrected chi connectivity index (χ0v) is 27.8. The number of para-hydroxylation sites is 1. The minimum atomic E-state index is -0.971. The van der Waals surface area contributed by atoms with Crippen LogP contribution in [-0.4, -0.2) is 59.9 Å². The van der Waals surface area contributed by atoms with Crippen LogP contribution in [0.15, 0.2) is 106 Å². The number of carbonyl (C=O) groups is 1. The molecule has 2 atom stereocenters. The van der Waals surface area contributed by atoms with E-state index in [-0.39, 0.29) is 5.78 Å². The van der Waals surface area contributed by atoms with Gasteiger partial charge >= 0.3 is 0 Å². The van der Waals surface area contributed by atoms with Crippen LogP contribution in [0.2, 0.25) is 0 Å². The zero-order chi connectivity index (χ0) is 32.9. The second kappa shape index (κ2) is 14.3. The monoisotopic (exact) mass is 645 g/mol. The van der Waals surface area contributed by atoms with Gasteiger partial charge in [-0.05, 0) is 100 Å². The van der Waals surface area contributed by atoms with Crippen molar-refractivity contribution in [2.75, 3.05) is 33.4 Å². The first-order valence-corrected chi connectivity index (χ1v) is 17.1. The van der Waals surface area contributed by atoms with Crippen LogP contribution in [0.25, 0.3) is 33.2 Å². The van der Waals surface area contributed by atoms with E-state index in [4.69, 9.17) is 18.5 Å². The Morgan fingerprint density at radius 2 is 1.73 bits per heavy atom. The number of likely N-dealkylation sites (tertiary alicyclic amines) is 1. The summed E-state index contributed by atoms with van der Waals surface area (Å²) < 4.78 is 23.5. The number of hydrogen-bond donors (Lipinski definition) is 0. The van der Waals surface area contributed by atoms with Crippen molar-refractivity contribution in [1.29, 1.82) is 0 Å². The van der Waals surface area contributed by atoms with E-state index in [0.717, 1.165) is 96.4 Å². The highest BCUT2D eigenvalue weighted by Gasteiger charge is 2.37. The lowest BCUT2D eigenvalue weighted by molar-refractivity contribution is -0.139. The van der Waals surface area contributed by atoms with Gasteiger partial charge in [0.05, 0.1) is 30.6 Å². The number of rotatable bonds is 13. The van der Waals surface area contributed by atoms with E-state index in [1.54, 1.807) is 14.0 Å². The Bertz CT molecular complexity index is 1920. The molecule has 1 saturated heterocycles. The van der Waals surface area contributed by atoms with E-state index >= 15 is 0 Å². The summed E-state index contributed by atoms with van der Waals surface area (Å²) in [5.74, 6) is 1.38. The summed E-state index contributed by atoms with van der Waals surface area (Å²) in [6.07, 6.45) is 11.1. The third-order valence-corrected chi connectivity index (χ3v) is 10.2. The number of aromatic nitrogens is 2. The lowest BCUT2D eigenvalue weighted by atomic mass is 9.88. The van der Waals surface area contributed by atoms with E-state index in [1.807, 2.05) is 54.6 Å². The van der Waals surface area contributed by atoms with Gasteiger partial charge in [-0.25, -0.2) is 0 Å². The fraction of sp³-hybridized carbons (Fsp3) is 0.375. The van der Waals surface area contributed by atoms with Gasteiger partial charge < -0.3 is 23.4 Å². The van der Waals surface area contributed by atoms with Crippen molar-refractivity contribution in [3.05, 3.63) is 108 Å². The number of ether oxygens (including phenoxy) is 2. The quantitative estimate of drug-likeness (QED) is 0.126. The molecular weight excluding hydrogens is 602 g/mol. The van der Waals surface area contributed by atoms with E-state index in [2.05, 4.69) is 51.6 Å². The highest BCUT2D eigenvalue weighted by molar-refractivity contribution is 6.02. The fourth-order valence-corrected chi connectivity index (χ4v) is 7.23. The predicted molar refractivity (Wildman–Crippen MR) is 187 cm³/mol. The molecule has 3 heterocycles. The van der Waals surface area contributed by atoms with E-state index in [9.17, 15) is 4.79 Å². The van der Waals surface area contributed by atoms with Gasteiger partial charge in [0.15, 0.2) is 22.6 Å². The van der Waals surface area contributed by atoms with Crippen LogP contribution in [0.3, 0.4) is 0 Å². The van der Waals surface area contributed by atoms with Gasteiger partial charge in [0.2, 0.25) is 0 Å². The Kier molecular flexibility index (Phi) is 9.54. The van der Waals surface area contributed by atoms with Gasteiger partial charge in [0, 0.05) is 23.3 Å². The first-order chi connectivity index (χ1) is 23.5. The number of hydrogen-bond acceptors (Lipinski definition) is 8. The number of fused-ring (bicyclic) bond motifs is 2. The minimum absolute atomic E-state index is 0.00515. The molecule has 0 N–H and O–H groups in total. The molecule has 1 fully saturated rings. The molecule has 48 heavy (non-hydrogen) atoms. The number of aryl methyl sites for hydroxylation is 1. The van der Waals surface area contributed by atoms with Crippen LogP contribution in [-0.2, 0) is 20.7 Å². The van der Waals surface area contributed by atoms with Crippen molar-refractivity contribution in [2.45, 2.75) is 57.0 Å². The smallest absolute Gasteiger partial charge is 0.167 e. The van der Waals surface area contributed by atoms with Gasteiger partial charge in [0.25, 0.3) is 0 Å². The van der Waals surface area contributed by atoms with Crippen molar-refractivity contribution < 1.29 is 23.3 Å². The fourth-order valence-electron chi connectivity index (χ4n) is 7.23. The molecule has 2 aliphatic rings. The van der Waals surface area contributed by atoms with E-state index < -0.39 is 5.60 Å². The molecule has 1 aliphatic heterocycles. The summed E-state index contributed by atoms with van der Waals surface area (Å²) >= 11 is 0. The molecule has 0 saturated carbocycles. The first-order valence-electron chi connectivity index (χ1n) is 17.1. The largest absolute Gasteiger partial charge is 0.501 e. The first kappa shape index (κ1) is 32.0. The number of carbonyl (C=O) groups excluding carboxylic acids is 1. The number of methoxy groups -OCH3 is 1. The summed E-state index contributed by atoms with van der Waals surface area (Å²) in [6.45, 7) is 5.10. The van der Waals surface area contributed by atoms with Crippen LogP contribution >= 0.6 is 0 Å². The second-order valence-corrected chi connectivity index (χ2v) is 13.2. The molecule has 5 aromatic rings. The predicted octanol–water partition coefficient (Wildman–Crippen LogP) is 8.29. The molecule has 248 valence electrons. The molecule has 8 nitrogen and oxygen atoms in total. The number of piperidine rings is 1. The van der Waals surface area contributed by atoms with Crippen LogP contribution in [0.4, 0.5) is 0 Å². The average Bonchev–Trinajstić information content (AvgIpc) is 3.77. The van der Waals surface area contributed by atoms with Crippen molar-refractivity contribution in [2.24, 2.45) is 5.92 Å². The van der Waals surface area contributed by atoms with Gasteiger partial charge in [0.1, 0.15) is 5.69 Å². The topological polar surface area (TPSA) is 90.8 Å². The number of nitrogens with zero attached hydrogens (tertiary/aromatic N) is 3. The van der Waals surface area contributed by atoms with Gasteiger partial charge in [-0.15, -0.1) is 0 Å². The van der Waals surface area contributed by atoms with Crippen molar-refractivity contribution in [3.8, 4) is 11.3 Å². The lowest BCUT2D eigenvalue weighted by Gasteiger charge is -2.34. The van der Waals surface area contributed by atoms with Crippen LogP contribution in [0, 0.1) is 5.92 Å². The van der Waals surface area contributed by atoms with Crippen molar-refractivity contribution in [3.63, 3.8) is 0 Å². The van der Waals surface area contributed by atoms with Crippen LogP contribution in [0.5, 0.6) is 0 Å². The molecular formula is C40H43N3O5. The maximum atomic E-state index is 12.8. The minimum Gasteiger partial charge on any atom is -0.501 e. The van der Waals surface area contributed by atoms with E-state index in [1.165, 1.54) is 5.56 Å². The second-order valence-electron chi connectivity index (χ2n) is 13.2. The Labute approximate surface area is 281 Å². The summed E-state index contributed by atoms with van der Waals surface area (Å²) in [5, 5.41) is 11.1. The standard InChI is InChI=1S/C40H43N3O5/c1-28(44)40(22-9-12-32(26-40)45-2)46-27-30(18-17-29-10-4-3-5-11-29)19-23-43-24-20-31(21-25-43)38-37-34(14-8-16-36(37)48-41-38)39-33-13-6-7-15-35(33)47-42-39/h3-16,22,30-31H,17-21,23-27H2,1-2H3. The molecule has 0 amide bonds. The normalized spacial score (nSPS) is 19.5. The maximum absolute atomic E-state index is 12.8. The number of Topliss-reactive ketones (excluding diaryl/α,β-unsaturated/α-hetero) is 1. The van der Waals surface area contributed by atoms with Gasteiger partial charge in [-0.3, -0.25) is 4.79 Å². The van der Waals surface area contributed by atoms with Crippen molar-refractivity contribution in [1.82, 2.24) is 15.2 Å². The van der Waals surface area contributed by atoms with Gasteiger partial charge in [-0.2, -0.15) is 0 Å². The molecule has 2 unspecified atom stereocenters. The molecule has 0 radical (unpaired) electrons. The SMILES string of the molecule is COC1=CC=CC(OCC(CCc2ccccc2)CCN2CCC(c3noc4cccc(-c5noc6ccccc56)c34)CC2)(C(C)=O)C1. The zero-order valence-electron chi connectivity index (χ0n) is 27.8. The Hall–Kier alpha value is -4.53. The Morgan fingerprint density at radius 1 is 0.958 bits per heavy atom. The molecule has 1 aliphatic carbocycles. The molecule has 3 aromatic carbocycles. The number of benzene rings is 3. The third-order valence-electron chi connectivity index (χ3n) is 10.2.